The molecule has 0 amide bonds. The van der Waals surface area contributed by atoms with Gasteiger partial charge in [-0.3, -0.25) is 0 Å². The van der Waals surface area contributed by atoms with Gasteiger partial charge >= 0.3 is 0 Å². The number of hydrogen-bond donors (Lipinski definition) is 0. The van der Waals surface area contributed by atoms with E-state index in [1.54, 1.807) is 0 Å². The molecule has 1 saturated heterocycles. The number of fused-ring (bicyclic) bond motifs is 9. The van der Waals surface area contributed by atoms with Crippen LogP contribution < -0.4 is 0 Å². The van der Waals surface area contributed by atoms with E-state index in [-0.39, 0.29) is 16.2 Å². The highest BCUT2D eigenvalue weighted by atomic mass is 16.7. The first-order valence-electron chi connectivity index (χ1n) is 16.3. The molecule has 5 aliphatic carbocycles. The SMILES string of the molecule is C=CCO[C@@H]1CC(C)(C)C[C@@H]2C3=CC[C@@H]4[C@@]5(C)CCC6OC(C)(C)OC[C@@]6(C)C5CC[C@@]4(C)[C@]3(C)CC[C@]21C. The monoisotopic (exact) mass is 538 g/mol. The minimum Gasteiger partial charge on any atom is -0.374 e. The van der Waals surface area contributed by atoms with Gasteiger partial charge in [0.05, 0.1) is 25.4 Å². The van der Waals surface area contributed by atoms with Crippen LogP contribution in [0, 0.1) is 50.2 Å². The lowest BCUT2D eigenvalue weighted by Crippen LogP contribution is -2.68. The Balaban J connectivity index is 1.37. The Kier molecular flexibility index (Phi) is 6.35. The molecule has 0 radical (unpaired) electrons. The highest BCUT2D eigenvalue weighted by molar-refractivity contribution is 5.34. The van der Waals surface area contributed by atoms with E-state index in [2.05, 4.69) is 75.0 Å². The molecule has 10 atom stereocenters. The fourth-order valence-electron chi connectivity index (χ4n) is 12.0. The van der Waals surface area contributed by atoms with E-state index in [9.17, 15) is 0 Å². The number of hydrogen-bond acceptors (Lipinski definition) is 3. The molecule has 0 aromatic heterocycles. The van der Waals surface area contributed by atoms with E-state index >= 15 is 0 Å². The van der Waals surface area contributed by atoms with Gasteiger partial charge in [-0.25, -0.2) is 0 Å². The van der Waals surface area contributed by atoms with Gasteiger partial charge in [0.2, 0.25) is 0 Å². The van der Waals surface area contributed by atoms with Gasteiger partial charge in [-0.2, -0.15) is 0 Å². The number of rotatable bonds is 3. The second-order valence-corrected chi connectivity index (χ2v) is 17.4. The Labute approximate surface area is 239 Å². The fourth-order valence-corrected chi connectivity index (χ4v) is 12.0. The van der Waals surface area contributed by atoms with Crippen LogP contribution >= 0.6 is 0 Å². The molecule has 0 N–H and O–H groups in total. The second kappa shape index (κ2) is 8.70. The highest BCUT2D eigenvalue weighted by Gasteiger charge is 2.70. The fraction of sp³-hybridized carbons (Fsp3) is 0.889. The van der Waals surface area contributed by atoms with Crippen LogP contribution in [0.1, 0.15) is 120 Å². The van der Waals surface area contributed by atoms with E-state index in [0.29, 0.717) is 46.9 Å². The van der Waals surface area contributed by atoms with Crippen molar-refractivity contribution in [2.75, 3.05) is 13.2 Å². The van der Waals surface area contributed by atoms with Crippen LogP contribution in [0.3, 0.4) is 0 Å². The predicted molar refractivity (Wildman–Crippen MR) is 159 cm³/mol. The van der Waals surface area contributed by atoms with E-state index in [4.69, 9.17) is 14.2 Å². The summed E-state index contributed by atoms with van der Waals surface area (Å²) < 4.78 is 19.6. The first-order valence-corrected chi connectivity index (χ1v) is 16.3. The normalized spacial score (nSPS) is 53.7. The van der Waals surface area contributed by atoms with Crippen LogP contribution in [0.5, 0.6) is 0 Å². The van der Waals surface area contributed by atoms with Gasteiger partial charge in [-0.1, -0.05) is 66.2 Å². The van der Waals surface area contributed by atoms with Crippen LogP contribution in [-0.4, -0.2) is 31.2 Å². The zero-order valence-electron chi connectivity index (χ0n) is 26.8. The van der Waals surface area contributed by atoms with E-state index in [1.807, 2.05) is 11.6 Å². The summed E-state index contributed by atoms with van der Waals surface area (Å²) in [7, 11) is 0. The maximum Gasteiger partial charge on any atom is 0.163 e. The summed E-state index contributed by atoms with van der Waals surface area (Å²) >= 11 is 0. The van der Waals surface area contributed by atoms with Crippen LogP contribution in [-0.2, 0) is 14.2 Å². The molecule has 4 saturated carbocycles. The van der Waals surface area contributed by atoms with Gasteiger partial charge in [-0.05, 0) is 111 Å². The molecule has 6 aliphatic rings. The third-order valence-corrected chi connectivity index (χ3v) is 14.4. The average Bonchev–Trinajstić information content (AvgIpc) is 2.84. The van der Waals surface area contributed by atoms with E-state index in [1.165, 1.54) is 51.4 Å². The standard InChI is InChI=1S/C36H58O3/c1-11-20-37-29-22-30(2,3)21-25-24-12-13-27-33(7)16-15-28-34(8,23-38-31(4,5)39-28)26(33)14-17-36(27,10)35(24,9)19-18-32(25,29)6/h11-12,25-29H,1,13-23H2,2-10H3/t25-,26?,27-,28?,29-,32-,33+,34+,35-,36-/m1/s1. The topological polar surface area (TPSA) is 27.7 Å². The summed E-state index contributed by atoms with van der Waals surface area (Å²) in [6.07, 6.45) is 16.8. The molecule has 3 heteroatoms. The summed E-state index contributed by atoms with van der Waals surface area (Å²) in [6, 6.07) is 0. The molecule has 1 heterocycles. The van der Waals surface area contributed by atoms with Gasteiger partial charge in [0.25, 0.3) is 0 Å². The number of allylic oxidation sites excluding steroid dienone is 2. The summed E-state index contributed by atoms with van der Waals surface area (Å²) in [5.74, 6) is 1.55. The summed E-state index contributed by atoms with van der Waals surface area (Å²) in [5.41, 5.74) is 3.39. The van der Waals surface area contributed by atoms with Crippen molar-refractivity contribution in [2.24, 2.45) is 50.2 Å². The molecular weight excluding hydrogens is 480 g/mol. The largest absolute Gasteiger partial charge is 0.374 e. The lowest BCUT2D eigenvalue weighted by atomic mass is 9.33. The third kappa shape index (κ3) is 3.84. The summed E-state index contributed by atoms with van der Waals surface area (Å²) in [5, 5.41) is 0. The van der Waals surface area contributed by atoms with Crippen molar-refractivity contribution in [3.05, 3.63) is 24.3 Å². The first kappa shape index (κ1) is 28.5. The third-order valence-electron chi connectivity index (χ3n) is 14.4. The van der Waals surface area contributed by atoms with Crippen LogP contribution in [0.2, 0.25) is 0 Å². The molecule has 0 aromatic carbocycles. The van der Waals surface area contributed by atoms with Gasteiger partial charge < -0.3 is 14.2 Å². The molecule has 220 valence electrons. The van der Waals surface area contributed by atoms with Crippen LogP contribution in [0.15, 0.2) is 24.3 Å². The van der Waals surface area contributed by atoms with Crippen LogP contribution in [0.25, 0.3) is 0 Å². The Bertz CT molecular complexity index is 1040. The molecule has 0 spiro atoms. The van der Waals surface area contributed by atoms with Crippen molar-refractivity contribution < 1.29 is 14.2 Å². The van der Waals surface area contributed by atoms with Gasteiger partial charge in [-0.15, -0.1) is 6.58 Å². The quantitative estimate of drug-likeness (QED) is 0.335. The molecule has 39 heavy (non-hydrogen) atoms. The van der Waals surface area contributed by atoms with E-state index < -0.39 is 5.79 Å². The zero-order valence-corrected chi connectivity index (χ0v) is 26.8. The zero-order chi connectivity index (χ0) is 28.3. The van der Waals surface area contributed by atoms with Gasteiger partial charge in [0.15, 0.2) is 5.79 Å². The van der Waals surface area contributed by atoms with Crippen molar-refractivity contribution in [2.45, 2.75) is 138 Å². The average molecular weight is 539 g/mol. The lowest BCUT2D eigenvalue weighted by molar-refractivity contribution is -0.351. The Morgan fingerprint density at radius 2 is 1.62 bits per heavy atom. The first-order chi connectivity index (χ1) is 18.0. The van der Waals surface area contributed by atoms with Crippen molar-refractivity contribution in [1.82, 2.24) is 0 Å². The smallest absolute Gasteiger partial charge is 0.163 e. The second-order valence-electron chi connectivity index (χ2n) is 17.4. The van der Waals surface area contributed by atoms with Crippen molar-refractivity contribution in [3.8, 4) is 0 Å². The minimum atomic E-state index is -0.452. The molecule has 0 bridgehead atoms. The molecule has 0 aromatic rings. The Morgan fingerprint density at radius 3 is 2.33 bits per heavy atom. The molecular formula is C36H58O3. The van der Waals surface area contributed by atoms with E-state index in [0.717, 1.165) is 18.9 Å². The Morgan fingerprint density at radius 1 is 0.872 bits per heavy atom. The summed E-state index contributed by atoms with van der Waals surface area (Å²) in [6.45, 7) is 27.8. The molecule has 2 unspecified atom stereocenters. The molecule has 3 nitrogen and oxygen atoms in total. The predicted octanol–water partition coefficient (Wildman–Crippen LogP) is 9.12. The molecule has 6 rings (SSSR count). The Hall–Kier alpha value is -0.640. The van der Waals surface area contributed by atoms with Crippen molar-refractivity contribution in [1.29, 1.82) is 0 Å². The highest BCUT2D eigenvalue weighted by Crippen LogP contribution is 2.76. The maximum atomic E-state index is 6.62. The van der Waals surface area contributed by atoms with Gasteiger partial charge in [0, 0.05) is 10.8 Å². The maximum absolute atomic E-state index is 6.62. The van der Waals surface area contributed by atoms with Gasteiger partial charge in [0.1, 0.15) is 0 Å². The lowest BCUT2D eigenvalue weighted by Gasteiger charge is -2.72. The molecule has 1 aliphatic heterocycles. The minimum absolute atomic E-state index is 0.114. The van der Waals surface area contributed by atoms with Crippen LogP contribution in [0.4, 0.5) is 0 Å². The molecule has 5 fully saturated rings. The number of ether oxygens (including phenoxy) is 3. The van der Waals surface area contributed by atoms with Crippen molar-refractivity contribution >= 4 is 0 Å². The summed E-state index contributed by atoms with van der Waals surface area (Å²) in [4.78, 5) is 0. The van der Waals surface area contributed by atoms with Crippen molar-refractivity contribution in [3.63, 3.8) is 0 Å².